The lowest BCUT2D eigenvalue weighted by Crippen LogP contribution is -2.34. The number of rotatable bonds is 9. The van der Waals surface area contributed by atoms with Crippen molar-refractivity contribution in [3.05, 3.63) is 41.2 Å². The number of Topliss-reactive ketones (excluding diaryl/α,β-unsaturated/α-hetero) is 1. The average Bonchev–Trinajstić information content (AvgIpc) is 2.85. The van der Waals surface area contributed by atoms with E-state index in [4.69, 9.17) is 9.47 Å². The third kappa shape index (κ3) is 4.25. The Kier molecular flexibility index (Phi) is 6.80. The number of methoxy groups -OCH3 is 1. The summed E-state index contributed by atoms with van der Waals surface area (Å²) in [6.45, 7) is 6.93. The van der Waals surface area contributed by atoms with Gasteiger partial charge < -0.3 is 19.5 Å². The van der Waals surface area contributed by atoms with Crippen molar-refractivity contribution in [2.75, 3.05) is 26.9 Å². The minimum absolute atomic E-state index is 0.131. The number of amides is 1. The quantitative estimate of drug-likeness (QED) is 0.732. The molecule has 1 amide bonds. The highest BCUT2D eigenvalue weighted by Gasteiger charge is 2.43. The topological polar surface area (TPSA) is 76.1 Å². The zero-order chi connectivity index (χ0) is 19.3. The summed E-state index contributed by atoms with van der Waals surface area (Å²) < 4.78 is 10.5. The SMILES string of the molecule is CCOc1ccc(C2C(C(=O)CC(C)C)=C(O)C(=O)N2CCOC)cc1. The molecule has 0 spiro atoms. The molecule has 0 aromatic heterocycles. The summed E-state index contributed by atoms with van der Waals surface area (Å²) in [5.41, 5.74) is 0.929. The summed E-state index contributed by atoms with van der Waals surface area (Å²) in [7, 11) is 1.55. The minimum Gasteiger partial charge on any atom is -0.503 e. The molecule has 0 saturated carbocycles. The lowest BCUT2D eigenvalue weighted by atomic mass is 9.92. The number of ether oxygens (including phenoxy) is 2. The summed E-state index contributed by atoms with van der Waals surface area (Å²) in [6, 6.07) is 6.64. The fourth-order valence-electron chi connectivity index (χ4n) is 3.10. The molecule has 1 N–H and O–H groups in total. The summed E-state index contributed by atoms with van der Waals surface area (Å²) in [5.74, 6) is -0.345. The second-order valence-corrected chi connectivity index (χ2v) is 6.68. The van der Waals surface area contributed by atoms with Crippen LogP contribution in [0.25, 0.3) is 0 Å². The Morgan fingerprint density at radius 3 is 2.46 bits per heavy atom. The van der Waals surface area contributed by atoms with E-state index in [0.29, 0.717) is 19.0 Å². The predicted molar refractivity (Wildman–Crippen MR) is 98.1 cm³/mol. The number of hydrogen-bond donors (Lipinski definition) is 1. The Bertz CT molecular complexity index is 678. The maximum Gasteiger partial charge on any atom is 0.290 e. The number of aliphatic hydroxyl groups is 1. The van der Waals surface area contributed by atoms with Gasteiger partial charge in [0.15, 0.2) is 11.5 Å². The van der Waals surface area contributed by atoms with Crippen LogP contribution in [0, 0.1) is 5.92 Å². The van der Waals surface area contributed by atoms with Gasteiger partial charge in [-0.05, 0) is 30.5 Å². The maximum atomic E-state index is 12.7. The van der Waals surface area contributed by atoms with Gasteiger partial charge in [0, 0.05) is 20.1 Å². The lowest BCUT2D eigenvalue weighted by molar-refractivity contribution is -0.130. The molecule has 6 nitrogen and oxygen atoms in total. The fraction of sp³-hybridized carbons (Fsp3) is 0.500. The van der Waals surface area contributed by atoms with Gasteiger partial charge in [-0.2, -0.15) is 0 Å². The molecular formula is C20H27NO5. The number of aliphatic hydroxyl groups excluding tert-OH is 1. The van der Waals surface area contributed by atoms with Crippen LogP contribution in [-0.4, -0.2) is 48.6 Å². The second kappa shape index (κ2) is 8.85. The van der Waals surface area contributed by atoms with E-state index < -0.39 is 17.7 Å². The fourth-order valence-corrected chi connectivity index (χ4v) is 3.10. The highest BCUT2D eigenvalue weighted by molar-refractivity contribution is 6.09. The van der Waals surface area contributed by atoms with Gasteiger partial charge in [-0.3, -0.25) is 9.59 Å². The first-order chi connectivity index (χ1) is 12.4. The van der Waals surface area contributed by atoms with E-state index in [1.165, 1.54) is 4.90 Å². The molecule has 0 radical (unpaired) electrons. The lowest BCUT2D eigenvalue weighted by Gasteiger charge is -2.27. The van der Waals surface area contributed by atoms with Crippen molar-refractivity contribution in [2.45, 2.75) is 33.2 Å². The molecular weight excluding hydrogens is 334 g/mol. The summed E-state index contributed by atoms with van der Waals surface area (Å²) in [4.78, 5) is 26.8. The predicted octanol–water partition coefficient (Wildman–Crippen LogP) is 3.04. The average molecular weight is 361 g/mol. The van der Waals surface area contributed by atoms with E-state index in [1.54, 1.807) is 19.2 Å². The van der Waals surface area contributed by atoms with Crippen LogP contribution in [0.15, 0.2) is 35.6 Å². The zero-order valence-corrected chi connectivity index (χ0v) is 15.8. The van der Waals surface area contributed by atoms with Crippen LogP contribution >= 0.6 is 0 Å². The molecule has 1 aliphatic rings. The molecule has 1 aromatic carbocycles. The molecule has 1 atom stereocenters. The van der Waals surface area contributed by atoms with Crippen LogP contribution < -0.4 is 4.74 Å². The monoisotopic (exact) mass is 361 g/mol. The zero-order valence-electron chi connectivity index (χ0n) is 15.8. The normalized spacial score (nSPS) is 17.3. The number of benzene rings is 1. The molecule has 2 rings (SSSR count). The van der Waals surface area contributed by atoms with Gasteiger partial charge >= 0.3 is 0 Å². The van der Waals surface area contributed by atoms with E-state index in [1.807, 2.05) is 32.9 Å². The summed E-state index contributed by atoms with van der Waals surface area (Å²) in [5, 5.41) is 10.4. The van der Waals surface area contributed by atoms with Crippen molar-refractivity contribution < 1.29 is 24.2 Å². The van der Waals surface area contributed by atoms with E-state index in [0.717, 1.165) is 5.56 Å². The van der Waals surface area contributed by atoms with Crippen molar-refractivity contribution in [2.24, 2.45) is 5.92 Å². The molecule has 1 unspecified atom stereocenters. The van der Waals surface area contributed by atoms with Crippen LogP contribution in [0.5, 0.6) is 5.75 Å². The Morgan fingerprint density at radius 2 is 1.92 bits per heavy atom. The highest BCUT2D eigenvalue weighted by atomic mass is 16.5. The van der Waals surface area contributed by atoms with E-state index >= 15 is 0 Å². The third-order valence-corrected chi connectivity index (χ3v) is 4.24. The highest BCUT2D eigenvalue weighted by Crippen LogP contribution is 2.38. The Labute approximate surface area is 154 Å². The molecule has 1 aromatic rings. The molecule has 142 valence electrons. The van der Waals surface area contributed by atoms with Crippen LogP contribution in [0.4, 0.5) is 0 Å². The molecule has 1 heterocycles. The van der Waals surface area contributed by atoms with E-state index in [9.17, 15) is 14.7 Å². The first kappa shape index (κ1) is 20.0. The van der Waals surface area contributed by atoms with Gasteiger partial charge in [0.05, 0.1) is 24.8 Å². The molecule has 26 heavy (non-hydrogen) atoms. The standard InChI is InChI=1S/C20H27NO5/c1-5-26-15-8-6-14(7-9-15)18-17(16(22)12-13(2)3)19(23)20(24)21(18)10-11-25-4/h6-9,13,18,23H,5,10-12H2,1-4H3. The Morgan fingerprint density at radius 1 is 1.27 bits per heavy atom. The summed E-state index contributed by atoms with van der Waals surface area (Å²) in [6.07, 6.45) is 0.276. The number of carbonyl (C=O) groups excluding carboxylic acids is 2. The third-order valence-electron chi connectivity index (χ3n) is 4.24. The van der Waals surface area contributed by atoms with Gasteiger partial charge in [0.25, 0.3) is 5.91 Å². The smallest absolute Gasteiger partial charge is 0.290 e. The summed E-state index contributed by atoms with van der Waals surface area (Å²) >= 11 is 0. The van der Waals surface area contributed by atoms with Crippen molar-refractivity contribution >= 4 is 11.7 Å². The first-order valence-corrected chi connectivity index (χ1v) is 8.89. The Balaban J connectivity index is 2.42. The van der Waals surface area contributed by atoms with Crippen LogP contribution in [0.3, 0.4) is 0 Å². The van der Waals surface area contributed by atoms with Gasteiger partial charge in [0.2, 0.25) is 0 Å². The van der Waals surface area contributed by atoms with Crippen LogP contribution in [0.2, 0.25) is 0 Å². The van der Waals surface area contributed by atoms with Crippen LogP contribution in [0.1, 0.15) is 38.8 Å². The molecule has 6 heteroatoms. The maximum absolute atomic E-state index is 12.7. The first-order valence-electron chi connectivity index (χ1n) is 8.89. The van der Waals surface area contributed by atoms with Crippen LogP contribution in [-0.2, 0) is 14.3 Å². The van der Waals surface area contributed by atoms with Crippen molar-refractivity contribution in [3.8, 4) is 5.75 Å². The molecule has 0 saturated heterocycles. The number of hydrogen-bond acceptors (Lipinski definition) is 5. The van der Waals surface area contributed by atoms with Gasteiger partial charge in [-0.25, -0.2) is 0 Å². The number of nitrogens with zero attached hydrogens (tertiary/aromatic N) is 1. The second-order valence-electron chi connectivity index (χ2n) is 6.68. The van der Waals surface area contributed by atoms with Crippen molar-refractivity contribution in [1.82, 2.24) is 4.90 Å². The van der Waals surface area contributed by atoms with Gasteiger partial charge in [-0.15, -0.1) is 0 Å². The molecule has 0 aliphatic carbocycles. The number of ketones is 1. The number of carbonyl (C=O) groups is 2. The largest absolute Gasteiger partial charge is 0.503 e. The Hall–Kier alpha value is -2.34. The van der Waals surface area contributed by atoms with Gasteiger partial charge in [-0.1, -0.05) is 26.0 Å². The molecule has 1 aliphatic heterocycles. The molecule has 0 bridgehead atoms. The van der Waals surface area contributed by atoms with Crippen molar-refractivity contribution in [1.29, 1.82) is 0 Å². The van der Waals surface area contributed by atoms with E-state index in [-0.39, 0.29) is 30.2 Å². The van der Waals surface area contributed by atoms with Gasteiger partial charge in [0.1, 0.15) is 5.75 Å². The minimum atomic E-state index is -0.612. The van der Waals surface area contributed by atoms with Crippen molar-refractivity contribution in [3.63, 3.8) is 0 Å². The molecule has 0 fully saturated rings. The van der Waals surface area contributed by atoms with E-state index in [2.05, 4.69) is 0 Å².